The molecular weight excluding hydrogens is 412 g/mol. The predicted molar refractivity (Wildman–Crippen MR) is 112 cm³/mol. The zero-order valence-electron chi connectivity index (χ0n) is 15.2. The minimum absolute atomic E-state index is 0.0151. The van der Waals surface area contributed by atoms with Gasteiger partial charge in [-0.3, -0.25) is 9.59 Å². The average Bonchev–Trinajstić information content (AvgIpc) is 2.72. The van der Waals surface area contributed by atoms with Gasteiger partial charge < -0.3 is 15.0 Å². The van der Waals surface area contributed by atoms with Gasteiger partial charge in [0, 0.05) is 10.6 Å². The largest absolute Gasteiger partial charge is 0.495 e. The minimum atomic E-state index is -0.555. The standard InChI is InChI=1S/C20H15ClN4O3S/c1-28-16-8-7-13(21)9-15(16)23-17(26)11-29-20-24-18(12-5-3-2-4-6-12)14(10-22)19(27)25-20/h2-9H,11H2,1H3,(H,23,26)(H,24,25,27). The maximum Gasteiger partial charge on any atom is 0.270 e. The average molecular weight is 427 g/mol. The summed E-state index contributed by atoms with van der Waals surface area (Å²) in [5, 5.41) is 12.7. The number of halogens is 1. The van der Waals surface area contributed by atoms with Gasteiger partial charge in [0.15, 0.2) is 5.16 Å². The number of ether oxygens (including phenoxy) is 1. The van der Waals surface area contributed by atoms with Gasteiger partial charge in [-0.2, -0.15) is 5.26 Å². The van der Waals surface area contributed by atoms with Gasteiger partial charge in [-0.1, -0.05) is 53.7 Å². The summed E-state index contributed by atoms with van der Waals surface area (Å²) in [6.07, 6.45) is 0. The Balaban J connectivity index is 1.78. The van der Waals surface area contributed by atoms with E-state index < -0.39 is 5.56 Å². The first-order valence-corrected chi connectivity index (χ1v) is 9.74. The molecule has 3 aromatic rings. The molecule has 146 valence electrons. The third-order valence-corrected chi connectivity index (χ3v) is 4.94. The van der Waals surface area contributed by atoms with Crippen LogP contribution in [0.4, 0.5) is 5.69 Å². The number of aromatic amines is 1. The molecule has 1 aromatic heterocycles. The molecule has 1 heterocycles. The van der Waals surface area contributed by atoms with Crippen molar-refractivity contribution in [1.82, 2.24) is 9.97 Å². The third-order valence-electron chi connectivity index (χ3n) is 3.83. The van der Waals surface area contributed by atoms with Gasteiger partial charge in [-0.15, -0.1) is 0 Å². The molecule has 0 aliphatic rings. The first kappa shape index (κ1) is 20.5. The quantitative estimate of drug-likeness (QED) is 0.459. The van der Waals surface area contributed by atoms with Crippen LogP contribution >= 0.6 is 23.4 Å². The molecule has 0 spiro atoms. The number of carbonyl (C=O) groups is 1. The van der Waals surface area contributed by atoms with Crippen LogP contribution in [-0.4, -0.2) is 28.7 Å². The number of aromatic nitrogens is 2. The maximum atomic E-state index is 12.3. The van der Waals surface area contributed by atoms with Crippen molar-refractivity contribution in [2.75, 3.05) is 18.2 Å². The summed E-state index contributed by atoms with van der Waals surface area (Å²) in [7, 11) is 1.49. The van der Waals surface area contributed by atoms with Crippen LogP contribution in [0.15, 0.2) is 58.5 Å². The van der Waals surface area contributed by atoms with Gasteiger partial charge in [0.1, 0.15) is 17.4 Å². The number of carbonyl (C=O) groups excluding carboxylic acids is 1. The van der Waals surface area contributed by atoms with Crippen LogP contribution < -0.4 is 15.6 Å². The van der Waals surface area contributed by atoms with Crippen molar-refractivity contribution in [3.05, 3.63) is 69.5 Å². The zero-order valence-corrected chi connectivity index (χ0v) is 16.8. The molecule has 3 rings (SSSR count). The van der Waals surface area contributed by atoms with Crippen LogP contribution in [0.25, 0.3) is 11.3 Å². The minimum Gasteiger partial charge on any atom is -0.495 e. The van der Waals surface area contributed by atoms with Crippen LogP contribution in [0.2, 0.25) is 5.02 Å². The summed E-state index contributed by atoms with van der Waals surface area (Å²) in [6.45, 7) is 0. The number of nitriles is 1. The fourth-order valence-electron chi connectivity index (χ4n) is 2.53. The van der Waals surface area contributed by atoms with E-state index in [0.717, 1.165) is 11.8 Å². The van der Waals surface area contributed by atoms with Crippen LogP contribution in [0.5, 0.6) is 5.75 Å². The molecule has 29 heavy (non-hydrogen) atoms. The van der Waals surface area contributed by atoms with E-state index in [-0.39, 0.29) is 28.1 Å². The van der Waals surface area contributed by atoms with Gasteiger partial charge >= 0.3 is 0 Å². The summed E-state index contributed by atoms with van der Waals surface area (Å²) < 4.78 is 5.20. The molecule has 0 bridgehead atoms. The lowest BCUT2D eigenvalue weighted by atomic mass is 10.1. The highest BCUT2D eigenvalue weighted by Gasteiger charge is 2.15. The fourth-order valence-corrected chi connectivity index (χ4v) is 3.36. The topological polar surface area (TPSA) is 108 Å². The number of amides is 1. The molecule has 2 aromatic carbocycles. The van der Waals surface area contributed by atoms with Crippen molar-refractivity contribution < 1.29 is 9.53 Å². The van der Waals surface area contributed by atoms with E-state index in [1.54, 1.807) is 42.5 Å². The first-order chi connectivity index (χ1) is 14.0. The Bertz CT molecular complexity index is 1140. The third kappa shape index (κ3) is 4.96. The second-order valence-corrected chi connectivity index (χ2v) is 7.15. The zero-order chi connectivity index (χ0) is 20.8. The van der Waals surface area contributed by atoms with E-state index in [2.05, 4.69) is 15.3 Å². The normalized spacial score (nSPS) is 10.2. The number of H-pyrrole nitrogens is 1. The van der Waals surface area contributed by atoms with Crippen molar-refractivity contribution in [2.24, 2.45) is 0 Å². The number of benzene rings is 2. The van der Waals surface area contributed by atoms with Crippen LogP contribution in [0.1, 0.15) is 5.56 Å². The molecule has 0 fully saturated rings. The molecule has 0 radical (unpaired) electrons. The molecule has 0 unspecified atom stereocenters. The number of nitrogens with zero attached hydrogens (tertiary/aromatic N) is 2. The highest BCUT2D eigenvalue weighted by atomic mass is 35.5. The number of rotatable bonds is 6. The summed E-state index contributed by atoms with van der Waals surface area (Å²) in [5.74, 6) is 0.131. The fraction of sp³-hybridized carbons (Fsp3) is 0.100. The molecule has 0 saturated heterocycles. The number of hydrogen-bond acceptors (Lipinski definition) is 6. The predicted octanol–water partition coefficient (Wildman–Crippen LogP) is 3.70. The van der Waals surface area contributed by atoms with Gasteiger partial charge in [-0.25, -0.2) is 4.98 Å². The van der Waals surface area contributed by atoms with Crippen molar-refractivity contribution in [1.29, 1.82) is 5.26 Å². The number of thioether (sulfide) groups is 1. The smallest absolute Gasteiger partial charge is 0.270 e. The first-order valence-electron chi connectivity index (χ1n) is 8.38. The Labute approximate surface area is 175 Å². The summed E-state index contributed by atoms with van der Waals surface area (Å²) >= 11 is 7.01. The van der Waals surface area contributed by atoms with Gasteiger partial charge in [0.2, 0.25) is 5.91 Å². The lowest BCUT2D eigenvalue weighted by Crippen LogP contribution is -2.17. The molecule has 2 N–H and O–H groups in total. The highest BCUT2D eigenvalue weighted by molar-refractivity contribution is 7.99. The van der Waals surface area contributed by atoms with Crippen LogP contribution in [0, 0.1) is 11.3 Å². The van der Waals surface area contributed by atoms with E-state index in [9.17, 15) is 14.9 Å². The molecule has 9 heteroatoms. The number of methoxy groups -OCH3 is 1. The summed E-state index contributed by atoms with van der Waals surface area (Å²) in [4.78, 5) is 31.5. The highest BCUT2D eigenvalue weighted by Crippen LogP contribution is 2.28. The Hall–Kier alpha value is -3.28. The second kappa shape index (κ2) is 9.28. The number of hydrogen-bond donors (Lipinski definition) is 2. The van der Waals surface area contributed by atoms with E-state index in [4.69, 9.17) is 16.3 Å². The maximum absolute atomic E-state index is 12.3. The van der Waals surface area contributed by atoms with Crippen LogP contribution in [-0.2, 0) is 4.79 Å². The SMILES string of the molecule is COc1ccc(Cl)cc1NC(=O)CSc1nc(-c2ccccc2)c(C#N)c(=O)[nH]1. The van der Waals surface area contributed by atoms with E-state index in [1.165, 1.54) is 7.11 Å². The molecule has 7 nitrogen and oxygen atoms in total. The van der Waals surface area contributed by atoms with Crippen molar-refractivity contribution in [3.63, 3.8) is 0 Å². The van der Waals surface area contributed by atoms with E-state index >= 15 is 0 Å². The lowest BCUT2D eigenvalue weighted by molar-refractivity contribution is -0.113. The molecule has 0 atom stereocenters. The molecule has 1 amide bonds. The molecule has 0 aliphatic heterocycles. The van der Waals surface area contributed by atoms with Crippen molar-refractivity contribution >= 4 is 35.0 Å². The monoisotopic (exact) mass is 426 g/mol. The van der Waals surface area contributed by atoms with Crippen LogP contribution in [0.3, 0.4) is 0 Å². The Morgan fingerprint density at radius 1 is 1.31 bits per heavy atom. The molecular formula is C20H15ClN4O3S. The number of anilines is 1. The lowest BCUT2D eigenvalue weighted by Gasteiger charge is -2.10. The van der Waals surface area contributed by atoms with Gasteiger partial charge in [-0.05, 0) is 18.2 Å². The molecule has 0 saturated carbocycles. The number of nitrogens with one attached hydrogen (secondary N) is 2. The van der Waals surface area contributed by atoms with Gasteiger partial charge in [0.05, 0.1) is 24.2 Å². The molecule has 0 aliphatic carbocycles. The summed E-state index contributed by atoms with van der Waals surface area (Å²) in [6, 6.07) is 15.7. The Morgan fingerprint density at radius 2 is 2.07 bits per heavy atom. The van der Waals surface area contributed by atoms with E-state index in [0.29, 0.717) is 22.0 Å². The van der Waals surface area contributed by atoms with Crippen molar-refractivity contribution in [3.8, 4) is 23.1 Å². The summed E-state index contributed by atoms with van der Waals surface area (Å²) in [5.41, 5.74) is 0.729. The van der Waals surface area contributed by atoms with E-state index in [1.807, 2.05) is 12.1 Å². The second-order valence-electron chi connectivity index (χ2n) is 5.75. The van der Waals surface area contributed by atoms with Gasteiger partial charge in [0.25, 0.3) is 5.56 Å². The Morgan fingerprint density at radius 3 is 2.76 bits per heavy atom. The Kier molecular flexibility index (Phi) is 6.54. The van der Waals surface area contributed by atoms with Crippen molar-refractivity contribution in [2.45, 2.75) is 5.16 Å².